The van der Waals surface area contributed by atoms with Crippen molar-refractivity contribution >= 4 is 56.1 Å². The van der Waals surface area contributed by atoms with E-state index in [1.807, 2.05) is 40.7 Å². The summed E-state index contributed by atoms with van der Waals surface area (Å²) in [6.45, 7) is 23.5. The molecule has 2 aliphatic heterocycles. The molecule has 74 heavy (non-hydrogen) atoms. The third kappa shape index (κ3) is 18.2. The van der Waals surface area contributed by atoms with Crippen LogP contribution >= 0.6 is 0 Å². The zero-order valence-electron chi connectivity index (χ0n) is 47.1. The molecule has 0 aromatic carbocycles. The number of rotatable bonds is 14. The van der Waals surface area contributed by atoms with Gasteiger partial charge in [0.05, 0.1) is 31.0 Å². The second kappa shape index (κ2) is 29.9. The topological polar surface area (TPSA) is 226 Å². The number of methoxy groups -OCH3 is 3. The normalized spacial score (nSPS) is 32.1. The lowest BCUT2D eigenvalue weighted by Crippen LogP contribution is -2.54. The summed E-state index contributed by atoms with van der Waals surface area (Å²) in [5.41, 5.74) is 1.65. The van der Waals surface area contributed by atoms with Crippen molar-refractivity contribution in [2.45, 2.75) is 207 Å². The fraction of sp³-hybridized carbons (Fsp3) is 0.782. The number of hydrogen-bond donors (Lipinski definition) is 1. The Labute approximate surface area is 441 Å². The summed E-state index contributed by atoms with van der Waals surface area (Å²) in [4.78, 5) is 110. The van der Waals surface area contributed by atoms with E-state index in [1.54, 1.807) is 14.0 Å². The first-order valence-corrected chi connectivity index (χ1v) is 29.6. The molecule has 420 valence electrons. The number of carbonyl (C=O) groups excluding carboxylic acids is 8. The van der Waals surface area contributed by atoms with E-state index >= 15 is 0 Å². The number of alkyl carbamates (subject to hydrolysis) is 1. The van der Waals surface area contributed by atoms with Crippen LogP contribution in [-0.2, 0) is 71.1 Å². The average Bonchev–Trinajstić information content (AvgIpc) is 3.35. The molecule has 1 saturated carbocycles. The molecule has 2 fully saturated rings. The lowest BCUT2D eigenvalue weighted by Gasteiger charge is -2.43. The Balaban J connectivity index is 2.24. The molecule has 2 amide bonds. The summed E-state index contributed by atoms with van der Waals surface area (Å²) < 4.78 is 47.6. The standard InChI is InChI=1S/C55H90N2O16Si/c1-16-39-25-33(3)24-34(4)26-45(67-12)51(72-54(65)56-31-47(60)69-17-2)46(68-13)28-35(5)48(61)49(62)52(63)57-23-19-18-20-40(57)53(64)71-50(36(6)27-38-21-22-42(70-32-58)44(29-38)66-11)37(7)43(30-41(39)59)73-74(14,15)55(8,9)10/h25,27,32,34-35,37-40,42-46,50-51H,16-24,26,28-31H2,1-15H3,(H,56,65)/b33-25+,36-27+/t34-,35+,37+,38?,39+,40-,42+,43?,44+,45?,46-,50+,51+/m0/s1. The largest absolute Gasteiger partial charge is 0.465 e. The van der Waals surface area contributed by atoms with Crippen molar-refractivity contribution in [3.05, 3.63) is 23.3 Å². The summed E-state index contributed by atoms with van der Waals surface area (Å²) in [5.74, 6) is -7.32. The number of hydrogen-bond acceptors (Lipinski definition) is 16. The highest BCUT2D eigenvalue weighted by Crippen LogP contribution is 2.41. The molecule has 13 atom stereocenters. The first-order chi connectivity index (χ1) is 34.8. The Bertz CT molecular complexity index is 1980. The number of amides is 2. The molecular formula is C55H90N2O16Si. The molecule has 0 spiro atoms. The van der Waals surface area contributed by atoms with Crippen molar-refractivity contribution in [2.24, 2.45) is 29.6 Å². The van der Waals surface area contributed by atoms with E-state index in [9.17, 15) is 38.4 Å². The molecule has 1 aliphatic carbocycles. The van der Waals surface area contributed by atoms with Crippen LogP contribution < -0.4 is 5.32 Å². The summed E-state index contributed by atoms with van der Waals surface area (Å²) >= 11 is 0. The highest BCUT2D eigenvalue weighted by Gasteiger charge is 2.46. The second-order valence-electron chi connectivity index (χ2n) is 22.3. The van der Waals surface area contributed by atoms with Gasteiger partial charge in [-0.15, -0.1) is 0 Å². The molecule has 3 unspecified atom stereocenters. The minimum atomic E-state index is -2.62. The van der Waals surface area contributed by atoms with Gasteiger partial charge in [-0.05, 0) is 121 Å². The van der Waals surface area contributed by atoms with E-state index in [4.69, 9.17) is 37.6 Å². The van der Waals surface area contributed by atoms with Gasteiger partial charge in [0, 0.05) is 52.0 Å². The number of fused-ring (bicyclic) bond motifs is 1. The molecule has 0 radical (unpaired) electrons. The maximum atomic E-state index is 14.8. The fourth-order valence-corrected chi connectivity index (χ4v) is 11.7. The predicted molar refractivity (Wildman–Crippen MR) is 279 cm³/mol. The smallest absolute Gasteiger partial charge is 0.408 e. The van der Waals surface area contributed by atoms with Crippen molar-refractivity contribution in [2.75, 3.05) is 41.0 Å². The van der Waals surface area contributed by atoms with Gasteiger partial charge in [0.2, 0.25) is 5.78 Å². The Hall–Kier alpha value is -4.30. The number of carbonyl (C=O) groups is 8. The molecule has 1 N–H and O–H groups in total. The Morgan fingerprint density at radius 2 is 1.51 bits per heavy atom. The predicted octanol–water partition coefficient (Wildman–Crippen LogP) is 7.82. The molecular weight excluding hydrogens is 973 g/mol. The highest BCUT2D eigenvalue weighted by atomic mass is 28.4. The molecule has 19 heteroatoms. The maximum Gasteiger partial charge on any atom is 0.408 e. The molecule has 18 nitrogen and oxygen atoms in total. The Morgan fingerprint density at radius 3 is 2.11 bits per heavy atom. The van der Waals surface area contributed by atoms with Crippen LogP contribution in [0.5, 0.6) is 0 Å². The van der Waals surface area contributed by atoms with Gasteiger partial charge in [0.1, 0.15) is 30.6 Å². The number of nitrogens with zero attached hydrogens (tertiary/aromatic N) is 1. The van der Waals surface area contributed by atoms with E-state index in [0.29, 0.717) is 63.4 Å². The van der Waals surface area contributed by atoms with Gasteiger partial charge in [-0.25, -0.2) is 9.59 Å². The summed E-state index contributed by atoms with van der Waals surface area (Å²) in [6, 6.07) is -1.21. The number of esters is 2. The van der Waals surface area contributed by atoms with Gasteiger partial charge in [0.15, 0.2) is 14.4 Å². The maximum absolute atomic E-state index is 14.8. The minimum absolute atomic E-state index is 0.0109. The van der Waals surface area contributed by atoms with Crippen LogP contribution in [-0.4, -0.2) is 151 Å². The zero-order chi connectivity index (χ0) is 55.7. The number of ether oxygens (including phenoxy) is 7. The Morgan fingerprint density at radius 1 is 0.865 bits per heavy atom. The van der Waals surface area contributed by atoms with Gasteiger partial charge in [-0.2, -0.15) is 0 Å². The summed E-state index contributed by atoms with van der Waals surface area (Å²) in [6.07, 6.45) is 1.71. The molecule has 0 aromatic heterocycles. The van der Waals surface area contributed by atoms with E-state index in [1.165, 1.54) is 21.1 Å². The monoisotopic (exact) mass is 1060 g/mol. The quantitative estimate of drug-likeness (QED) is 0.0437. The number of Topliss-reactive ketones (excluding diaryl/α,β-unsaturated/α-hetero) is 3. The SMILES string of the molecule is CCOC(=O)CNC(=O)O[C@@H]1C(OC)C[C@@H](C)C/C(C)=C/[C@@H](CC)C(=O)CC(O[Si](C)(C)C(C)(C)C)[C@@H](C)[C@@H](/C(C)=C/C2CC[C@@H](OC=O)[C@H](OC)C2)OC(=O)[C@@H]2CCCCN2C(=O)C(=O)C(=O)[C@H](C)C[C@@H]1OC. The molecule has 2 heterocycles. The van der Waals surface area contributed by atoms with Gasteiger partial charge >= 0.3 is 18.0 Å². The lowest BCUT2D eigenvalue weighted by atomic mass is 9.81. The van der Waals surface area contributed by atoms with Crippen LogP contribution in [0.25, 0.3) is 0 Å². The van der Waals surface area contributed by atoms with Gasteiger partial charge in [-0.3, -0.25) is 28.8 Å². The molecule has 1 saturated heterocycles. The third-order valence-electron chi connectivity index (χ3n) is 15.6. The zero-order valence-corrected chi connectivity index (χ0v) is 48.1. The van der Waals surface area contributed by atoms with Crippen LogP contribution in [0.1, 0.15) is 140 Å². The van der Waals surface area contributed by atoms with Crippen molar-refractivity contribution in [3.63, 3.8) is 0 Å². The van der Waals surface area contributed by atoms with Crippen molar-refractivity contribution in [1.29, 1.82) is 0 Å². The van der Waals surface area contributed by atoms with Crippen LogP contribution in [0.3, 0.4) is 0 Å². The van der Waals surface area contributed by atoms with E-state index in [-0.39, 0.29) is 61.2 Å². The van der Waals surface area contributed by atoms with Gasteiger partial charge < -0.3 is 47.8 Å². The third-order valence-corrected chi connectivity index (χ3v) is 20.1. The minimum Gasteiger partial charge on any atom is -0.465 e. The second-order valence-corrected chi connectivity index (χ2v) is 27.1. The molecule has 0 aromatic rings. The van der Waals surface area contributed by atoms with Crippen LogP contribution in [0.15, 0.2) is 23.3 Å². The van der Waals surface area contributed by atoms with Crippen molar-refractivity contribution < 1.29 is 75.9 Å². The number of piperidine rings is 1. The number of ketones is 3. The van der Waals surface area contributed by atoms with E-state index < -0.39 is 111 Å². The van der Waals surface area contributed by atoms with Crippen molar-refractivity contribution in [3.8, 4) is 0 Å². The van der Waals surface area contributed by atoms with Crippen LogP contribution in [0, 0.1) is 29.6 Å². The van der Waals surface area contributed by atoms with Crippen LogP contribution in [0.4, 0.5) is 4.79 Å². The summed E-state index contributed by atoms with van der Waals surface area (Å²) in [5, 5.41) is 2.14. The average molecular weight is 1060 g/mol. The molecule has 3 rings (SSSR count). The first kappa shape index (κ1) is 64.0. The fourth-order valence-electron chi connectivity index (χ4n) is 10.3. The number of nitrogens with one attached hydrogen (secondary N) is 1. The lowest BCUT2D eigenvalue weighted by molar-refractivity contribution is -0.165. The van der Waals surface area contributed by atoms with Gasteiger partial charge in [0.25, 0.3) is 18.2 Å². The number of allylic oxidation sites excluding steroid dienone is 3. The van der Waals surface area contributed by atoms with E-state index in [0.717, 1.165) is 10.5 Å². The van der Waals surface area contributed by atoms with E-state index in [2.05, 4.69) is 45.3 Å². The Kier molecular flexibility index (Phi) is 25.8. The molecule has 0 bridgehead atoms. The van der Waals surface area contributed by atoms with Crippen molar-refractivity contribution in [1.82, 2.24) is 10.2 Å². The number of cyclic esters (lactones) is 1. The highest BCUT2D eigenvalue weighted by molar-refractivity contribution is 6.74. The summed E-state index contributed by atoms with van der Waals surface area (Å²) in [7, 11) is 1.77. The van der Waals surface area contributed by atoms with Crippen LogP contribution in [0.2, 0.25) is 18.1 Å². The first-order valence-electron chi connectivity index (χ1n) is 26.7. The van der Waals surface area contributed by atoms with Gasteiger partial charge in [-0.1, -0.05) is 66.2 Å². The molecule has 3 aliphatic rings.